The minimum Gasteiger partial charge on any atom is -0.258 e. The molecule has 0 atom stereocenters. The number of nitro benzene ring substituents is 1. The zero-order valence-corrected chi connectivity index (χ0v) is 7.93. The number of non-ortho nitro benzene ring substituents is 1. The second kappa shape index (κ2) is 4.37. The molecule has 0 saturated carbocycles. The van der Waals surface area contributed by atoms with Crippen molar-refractivity contribution in [2.45, 2.75) is 6.92 Å². The van der Waals surface area contributed by atoms with Gasteiger partial charge in [0.15, 0.2) is 0 Å². The number of benzene rings is 1. The van der Waals surface area contributed by atoms with E-state index in [2.05, 4.69) is 6.58 Å². The zero-order valence-electron chi connectivity index (χ0n) is 7.93. The van der Waals surface area contributed by atoms with Crippen LogP contribution >= 0.6 is 0 Å². The van der Waals surface area contributed by atoms with Crippen molar-refractivity contribution in [1.29, 1.82) is 0 Å². The third-order valence-corrected chi connectivity index (χ3v) is 1.89. The Morgan fingerprint density at radius 2 is 2.21 bits per heavy atom. The molecule has 0 bridgehead atoms. The van der Waals surface area contributed by atoms with Gasteiger partial charge in [-0.15, -0.1) is 0 Å². The summed E-state index contributed by atoms with van der Waals surface area (Å²) < 4.78 is 0. The van der Waals surface area contributed by atoms with Crippen LogP contribution in [0.25, 0.3) is 6.08 Å². The lowest BCUT2D eigenvalue weighted by Gasteiger charge is -1.99. The minimum absolute atomic E-state index is 0.110. The molecule has 1 aromatic carbocycles. The molecule has 0 N–H and O–H groups in total. The summed E-state index contributed by atoms with van der Waals surface area (Å²) in [4.78, 5) is 10.1. The molecule has 72 valence electrons. The van der Waals surface area contributed by atoms with Crippen LogP contribution in [0.4, 0.5) is 5.69 Å². The van der Waals surface area contributed by atoms with Crippen molar-refractivity contribution in [2.24, 2.45) is 0 Å². The van der Waals surface area contributed by atoms with Crippen LogP contribution in [0.3, 0.4) is 0 Å². The smallest absolute Gasteiger partial charge is 0.258 e. The molecule has 3 nitrogen and oxygen atoms in total. The topological polar surface area (TPSA) is 43.1 Å². The number of nitro groups is 1. The molecule has 0 aromatic heterocycles. The van der Waals surface area contributed by atoms with Crippen LogP contribution in [0.15, 0.2) is 36.9 Å². The maximum absolute atomic E-state index is 10.5. The average Bonchev–Trinajstić information content (AvgIpc) is 2.16. The monoisotopic (exact) mass is 189 g/mol. The fraction of sp³-hybridized carbons (Fsp3) is 0.0909. The number of hydrogen-bond acceptors (Lipinski definition) is 2. The first kappa shape index (κ1) is 10.2. The van der Waals surface area contributed by atoms with Gasteiger partial charge in [-0.25, -0.2) is 0 Å². The highest BCUT2D eigenvalue weighted by atomic mass is 16.6. The molecule has 0 radical (unpaired) electrons. The van der Waals surface area contributed by atoms with Crippen LogP contribution in [0.1, 0.15) is 11.1 Å². The van der Waals surface area contributed by atoms with Crippen molar-refractivity contribution < 1.29 is 4.92 Å². The van der Waals surface area contributed by atoms with E-state index in [9.17, 15) is 10.1 Å². The molecule has 0 heterocycles. The predicted octanol–water partition coefficient (Wildman–Crippen LogP) is 3.10. The van der Waals surface area contributed by atoms with Gasteiger partial charge in [0, 0.05) is 12.1 Å². The van der Waals surface area contributed by atoms with Crippen molar-refractivity contribution in [2.75, 3.05) is 0 Å². The van der Waals surface area contributed by atoms with E-state index in [-0.39, 0.29) is 5.69 Å². The summed E-state index contributed by atoms with van der Waals surface area (Å²) in [7, 11) is 0. The van der Waals surface area contributed by atoms with Gasteiger partial charge in [-0.3, -0.25) is 10.1 Å². The Balaban J connectivity index is 3.14. The molecule has 0 aliphatic heterocycles. The Hall–Kier alpha value is -1.90. The number of allylic oxidation sites excluding steroid dienone is 2. The molecule has 0 aliphatic carbocycles. The van der Waals surface area contributed by atoms with Crippen LogP contribution in [0, 0.1) is 17.0 Å². The number of rotatable bonds is 3. The molecule has 3 heteroatoms. The second-order valence-electron chi connectivity index (χ2n) is 2.89. The van der Waals surface area contributed by atoms with Gasteiger partial charge in [0.25, 0.3) is 5.69 Å². The van der Waals surface area contributed by atoms with Gasteiger partial charge in [-0.2, -0.15) is 0 Å². The maximum Gasteiger partial charge on any atom is 0.270 e. The summed E-state index contributed by atoms with van der Waals surface area (Å²) in [5.41, 5.74) is 1.96. The molecule has 0 fully saturated rings. The fourth-order valence-corrected chi connectivity index (χ4v) is 1.09. The van der Waals surface area contributed by atoms with Crippen molar-refractivity contribution >= 4 is 11.8 Å². The third-order valence-electron chi connectivity index (χ3n) is 1.89. The predicted molar refractivity (Wildman–Crippen MR) is 57.1 cm³/mol. The SMILES string of the molecule is C=C/C=C\c1cc([N+](=O)[O-])ccc1C. The van der Waals surface area contributed by atoms with E-state index < -0.39 is 4.92 Å². The minimum atomic E-state index is -0.398. The first-order chi connectivity index (χ1) is 6.65. The van der Waals surface area contributed by atoms with Gasteiger partial charge in [0.1, 0.15) is 0 Å². The van der Waals surface area contributed by atoms with E-state index in [1.54, 1.807) is 30.4 Å². The van der Waals surface area contributed by atoms with E-state index in [0.29, 0.717) is 0 Å². The lowest BCUT2D eigenvalue weighted by Crippen LogP contribution is -1.89. The molecular formula is C11H11NO2. The summed E-state index contributed by atoms with van der Waals surface area (Å²) in [6.45, 7) is 5.45. The fourth-order valence-electron chi connectivity index (χ4n) is 1.09. The third kappa shape index (κ3) is 2.29. The van der Waals surface area contributed by atoms with E-state index in [0.717, 1.165) is 11.1 Å². The molecular weight excluding hydrogens is 178 g/mol. The van der Waals surface area contributed by atoms with Crippen molar-refractivity contribution in [1.82, 2.24) is 0 Å². The van der Waals surface area contributed by atoms with E-state index in [4.69, 9.17) is 0 Å². The Morgan fingerprint density at radius 3 is 2.79 bits per heavy atom. The van der Waals surface area contributed by atoms with E-state index in [1.165, 1.54) is 6.07 Å². The number of nitrogens with zero attached hydrogens (tertiary/aromatic N) is 1. The molecule has 0 aliphatic rings. The van der Waals surface area contributed by atoms with Crippen molar-refractivity contribution in [3.8, 4) is 0 Å². The van der Waals surface area contributed by atoms with E-state index >= 15 is 0 Å². The van der Waals surface area contributed by atoms with Gasteiger partial charge in [-0.1, -0.05) is 30.9 Å². The summed E-state index contributed by atoms with van der Waals surface area (Å²) in [6.07, 6.45) is 5.19. The molecule has 14 heavy (non-hydrogen) atoms. The Kier molecular flexibility index (Phi) is 3.18. The summed E-state index contributed by atoms with van der Waals surface area (Å²) in [5, 5.41) is 10.5. The second-order valence-corrected chi connectivity index (χ2v) is 2.89. The van der Waals surface area contributed by atoms with Crippen molar-refractivity contribution in [3.63, 3.8) is 0 Å². The first-order valence-electron chi connectivity index (χ1n) is 4.19. The van der Waals surface area contributed by atoms with Crippen LogP contribution in [0.2, 0.25) is 0 Å². The number of hydrogen-bond donors (Lipinski definition) is 0. The highest BCUT2D eigenvalue weighted by molar-refractivity contribution is 5.58. The normalized spacial score (nSPS) is 10.4. The van der Waals surface area contributed by atoms with Gasteiger partial charge in [0.05, 0.1) is 4.92 Å². The Labute approximate surface area is 82.5 Å². The van der Waals surface area contributed by atoms with Crippen LogP contribution in [0.5, 0.6) is 0 Å². The van der Waals surface area contributed by atoms with E-state index in [1.807, 2.05) is 6.92 Å². The molecule has 0 unspecified atom stereocenters. The van der Waals surface area contributed by atoms with Gasteiger partial charge in [-0.05, 0) is 18.1 Å². The van der Waals surface area contributed by atoms with Gasteiger partial charge >= 0.3 is 0 Å². The van der Waals surface area contributed by atoms with Crippen molar-refractivity contribution in [3.05, 3.63) is 58.2 Å². The van der Waals surface area contributed by atoms with Gasteiger partial charge in [0.2, 0.25) is 0 Å². The molecule has 1 aromatic rings. The summed E-state index contributed by atoms with van der Waals surface area (Å²) in [5.74, 6) is 0. The van der Waals surface area contributed by atoms with Crippen LogP contribution in [-0.4, -0.2) is 4.92 Å². The standard InChI is InChI=1S/C11H11NO2/c1-3-4-5-10-8-11(12(13)14)7-6-9(10)2/h3-8H,1H2,2H3/b5-4-. The number of aryl methyl sites for hydroxylation is 1. The highest BCUT2D eigenvalue weighted by Crippen LogP contribution is 2.18. The maximum atomic E-state index is 10.5. The molecule has 1 rings (SSSR count). The van der Waals surface area contributed by atoms with Crippen LogP contribution < -0.4 is 0 Å². The summed E-state index contributed by atoms with van der Waals surface area (Å²) >= 11 is 0. The quantitative estimate of drug-likeness (QED) is 0.416. The lowest BCUT2D eigenvalue weighted by atomic mass is 10.1. The first-order valence-corrected chi connectivity index (χ1v) is 4.19. The molecule has 0 spiro atoms. The molecule has 0 amide bonds. The summed E-state index contributed by atoms with van der Waals surface area (Å²) in [6, 6.07) is 4.79. The van der Waals surface area contributed by atoms with Gasteiger partial charge < -0.3 is 0 Å². The largest absolute Gasteiger partial charge is 0.270 e. The Bertz CT molecular complexity index is 394. The highest BCUT2D eigenvalue weighted by Gasteiger charge is 2.05. The van der Waals surface area contributed by atoms with Crippen LogP contribution in [-0.2, 0) is 0 Å². The average molecular weight is 189 g/mol. The Morgan fingerprint density at radius 1 is 1.50 bits per heavy atom. The lowest BCUT2D eigenvalue weighted by molar-refractivity contribution is -0.384. The molecule has 0 saturated heterocycles. The zero-order chi connectivity index (χ0) is 10.6.